The first kappa shape index (κ1) is 13.2. The highest BCUT2D eigenvalue weighted by Gasteiger charge is 2.17. The highest BCUT2D eigenvalue weighted by molar-refractivity contribution is 5.62. The van der Waals surface area contributed by atoms with E-state index in [-0.39, 0.29) is 5.41 Å². The number of pyridine rings is 1. The molecule has 4 nitrogen and oxygen atoms in total. The van der Waals surface area contributed by atoms with E-state index >= 15 is 0 Å². The van der Waals surface area contributed by atoms with E-state index in [1.165, 1.54) is 0 Å². The van der Waals surface area contributed by atoms with Crippen LogP contribution < -0.4 is 0 Å². The lowest BCUT2D eigenvalue weighted by atomic mass is 9.91. The summed E-state index contributed by atoms with van der Waals surface area (Å²) in [6.07, 6.45) is 1.65. The number of nitriles is 1. The minimum absolute atomic E-state index is 0.0453. The third-order valence-electron chi connectivity index (χ3n) is 2.17. The number of rotatable bonds is 2. The van der Waals surface area contributed by atoms with Crippen LogP contribution in [0.15, 0.2) is 17.1 Å². The Labute approximate surface area is 103 Å². The molecule has 0 fully saturated rings. The largest absolute Gasteiger partial charge is 0.369 e. The van der Waals surface area contributed by atoms with Crippen LogP contribution in [0.4, 0.5) is 5.82 Å². The summed E-state index contributed by atoms with van der Waals surface area (Å²) in [7, 11) is 3.76. The summed E-state index contributed by atoms with van der Waals surface area (Å²) >= 11 is 0. The van der Waals surface area contributed by atoms with Crippen molar-refractivity contribution in [2.24, 2.45) is 4.99 Å². The fraction of sp³-hybridized carbons (Fsp3) is 0.462. The van der Waals surface area contributed by atoms with E-state index in [2.05, 4.69) is 36.8 Å². The number of hydrogen-bond donors (Lipinski definition) is 0. The molecular weight excluding hydrogens is 212 g/mol. The molecule has 1 aromatic rings. The Hall–Kier alpha value is -1.89. The lowest BCUT2D eigenvalue weighted by Gasteiger charge is -2.18. The zero-order valence-electron chi connectivity index (χ0n) is 11.0. The normalized spacial score (nSPS) is 11.5. The van der Waals surface area contributed by atoms with E-state index in [4.69, 9.17) is 5.26 Å². The molecule has 1 heterocycles. The smallest absolute Gasteiger partial charge is 0.171 e. The molecule has 0 saturated carbocycles. The van der Waals surface area contributed by atoms with Gasteiger partial charge in [0, 0.05) is 25.2 Å². The first-order valence-electron chi connectivity index (χ1n) is 5.47. The topological polar surface area (TPSA) is 52.3 Å². The molecule has 0 amide bonds. The Morgan fingerprint density at radius 1 is 1.35 bits per heavy atom. The summed E-state index contributed by atoms with van der Waals surface area (Å²) in [5.41, 5.74) is 1.38. The van der Waals surface area contributed by atoms with Gasteiger partial charge in [-0.15, -0.1) is 0 Å². The zero-order valence-corrected chi connectivity index (χ0v) is 11.0. The minimum atomic E-state index is -0.0453. The van der Waals surface area contributed by atoms with Gasteiger partial charge in [-0.1, -0.05) is 20.8 Å². The van der Waals surface area contributed by atoms with E-state index in [1.54, 1.807) is 12.4 Å². The second kappa shape index (κ2) is 4.96. The van der Waals surface area contributed by atoms with Gasteiger partial charge in [-0.2, -0.15) is 5.26 Å². The molecule has 90 valence electrons. The Bertz CT molecular complexity index is 461. The third-order valence-corrected chi connectivity index (χ3v) is 2.17. The van der Waals surface area contributed by atoms with Crippen molar-refractivity contribution in [3.05, 3.63) is 23.4 Å². The van der Waals surface area contributed by atoms with Crippen LogP contribution in [0, 0.1) is 11.3 Å². The van der Waals surface area contributed by atoms with Crippen LogP contribution >= 0.6 is 0 Å². The van der Waals surface area contributed by atoms with Crippen LogP contribution in [0.25, 0.3) is 0 Å². The lowest BCUT2D eigenvalue weighted by molar-refractivity contribution is 0.569. The minimum Gasteiger partial charge on any atom is -0.369 e. The monoisotopic (exact) mass is 230 g/mol. The molecule has 0 aliphatic heterocycles. The van der Waals surface area contributed by atoms with Crippen molar-refractivity contribution >= 4 is 12.2 Å². The van der Waals surface area contributed by atoms with Crippen molar-refractivity contribution in [1.82, 2.24) is 9.88 Å². The number of hydrogen-bond acceptors (Lipinski definition) is 3. The number of aliphatic imine (C=N–C) groups is 1. The van der Waals surface area contributed by atoms with Gasteiger partial charge >= 0.3 is 0 Å². The first-order chi connectivity index (χ1) is 7.84. The molecule has 0 bridgehead atoms. The molecular formula is C13H18N4. The number of aromatic nitrogens is 1. The van der Waals surface area contributed by atoms with Gasteiger partial charge in [0.1, 0.15) is 6.07 Å². The molecule has 1 aromatic heterocycles. The molecule has 0 aromatic carbocycles. The Kier molecular flexibility index (Phi) is 3.84. The van der Waals surface area contributed by atoms with Crippen LogP contribution in [0.2, 0.25) is 0 Å². The van der Waals surface area contributed by atoms with E-state index in [0.717, 1.165) is 5.69 Å². The molecule has 0 N–H and O–H groups in total. The van der Waals surface area contributed by atoms with Gasteiger partial charge in [-0.25, -0.2) is 9.98 Å². The average molecular weight is 230 g/mol. The van der Waals surface area contributed by atoms with Gasteiger partial charge in [0.2, 0.25) is 0 Å². The molecule has 17 heavy (non-hydrogen) atoms. The third kappa shape index (κ3) is 3.56. The molecule has 0 spiro atoms. The molecule has 0 saturated heterocycles. The summed E-state index contributed by atoms with van der Waals surface area (Å²) < 4.78 is 0. The van der Waals surface area contributed by atoms with E-state index in [0.29, 0.717) is 11.4 Å². The molecule has 0 unspecified atom stereocenters. The number of nitrogens with zero attached hydrogens (tertiary/aromatic N) is 4. The van der Waals surface area contributed by atoms with Crippen LogP contribution in [0.1, 0.15) is 32.0 Å². The second-order valence-corrected chi connectivity index (χ2v) is 5.14. The quantitative estimate of drug-likeness (QED) is 0.579. The van der Waals surface area contributed by atoms with E-state index in [1.807, 2.05) is 25.1 Å². The van der Waals surface area contributed by atoms with Gasteiger partial charge in [0.25, 0.3) is 0 Å². The van der Waals surface area contributed by atoms with Gasteiger partial charge in [0.05, 0.1) is 11.9 Å². The Morgan fingerprint density at radius 2 is 2.00 bits per heavy atom. The predicted octanol–water partition coefficient (Wildman–Crippen LogP) is 2.47. The second-order valence-electron chi connectivity index (χ2n) is 5.14. The summed E-state index contributed by atoms with van der Waals surface area (Å²) in [4.78, 5) is 10.5. The van der Waals surface area contributed by atoms with Crippen molar-refractivity contribution in [2.75, 3.05) is 14.1 Å². The highest BCUT2D eigenvalue weighted by atomic mass is 15.1. The van der Waals surface area contributed by atoms with Gasteiger partial charge in [0.15, 0.2) is 5.82 Å². The average Bonchev–Trinajstić information content (AvgIpc) is 2.24. The summed E-state index contributed by atoms with van der Waals surface area (Å²) in [5.74, 6) is 0.480. The van der Waals surface area contributed by atoms with Crippen molar-refractivity contribution < 1.29 is 0 Å². The fourth-order valence-corrected chi connectivity index (χ4v) is 1.22. The van der Waals surface area contributed by atoms with Crippen molar-refractivity contribution in [3.63, 3.8) is 0 Å². The van der Waals surface area contributed by atoms with Gasteiger partial charge in [-0.3, -0.25) is 0 Å². The van der Waals surface area contributed by atoms with Gasteiger partial charge < -0.3 is 4.90 Å². The van der Waals surface area contributed by atoms with Crippen LogP contribution in [0.3, 0.4) is 0 Å². The molecule has 0 radical (unpaired) electrons. The van der Waals surface area contributed by atoms with Crippen molar-refractivity contribution in [3.8, 4) is 6.07 Å². The standard InChI is InChI=1S/C13H18N4/c1-13(2,3)11-7-6-10(8-14)12(16-11)15-9-17(4)5/h6-7,9H,1-5H3. The highest BCUT2D eigenvalue weighted by Crippen LogP contribution is 2.24. The van der Waals surface area contributed by atoms with E-state index < -0.39 is 0 Å². The Balaban J connectivity index is 3.22. The molecule has 0 aliphatic rings. The van der Waals surface area contributed by atoms with Crippen LogP contribution in [-0.2, 0) is 5.41 Å². The van der Waals surface area contributed by atoms with Crippen LogP contribution in [0.5, 0.6) is 0 Å². The maximum absolute atomic E-state index is 9.00. The maximum Gasteiger partial charge on any atom is 0.171 e. The Morgan fingerprint density at radius 3 is 2.47 bits per heavy atom. The SMILES string of the molecule is CN(C)C=Nc1nc(C(C)(C)C)ccc1C#N. The summed E-state index contributed by atoms with van der Waals surface area (Å²) in [5, 5.41) is 9.00. The van der Waals surface area contributed by atoms with Crippen molar-refractivity contribution in [2.45, 2.75) is 26.2 Å². The van der Waals surface area contributed by atoms with Crippen molar-refractivity contribution in [1.29, 1.82) is 5.26 Å². The molecule has 0 aliphatic carbocycles. The summed E-state index contributed by atoms with van der Waals surface area (Å²) in [6, 6.07) is 5.76. The fourth-order valence-electron chi connectivity index (χ4n) is 1.22. The molecule has 1 rings (SSSR count). The van der Waals surface area contributed by atoms with E-state index in [9.17, 15) is 0 Å². The molecule has 4 heteroatoms. The first-order valence-corrected chi connectivity index (χ1v) is 5.47. The lowest BCUT2D eigenvalue weighted by Crippen LogP contribution is -2.13. The maximum atomic E-state index is 9.00. The van der Waals surface area contributed by atoms with Gasteiger partial charge in [-0.05, 0) is 12.1 Å². The summed E-state index contributed by atoms with van der Waals surface area (Å²) in [6.45, 7) is 6.25. The zero-order chi connectivity index (χ0) is 13.1. The molecule has 0 atom stereocenters. The predicted molar refractivity (Wildman–Crippen MR) is 69.5 cm³/mol. The van der Waals surface area contributed by atoms with Crippen LogP contribution in [-0.4, -0.2) is 30.3 Å².